The van der Waals surface area contributed by atoms with Crippen molar-refractivity contribution in [2.75, 3.05) is 6.54 Å². The van der Waals surface area contributed by atoms with Gasteiger partial charge in [0.25, 0.3) is 0 Å². The summed E-state index contributed by atoms with van der Waals surface area (Å²) >= 11 is 0. The molecule has 0 unspecified atom stereocenters. The molecule has 3 nitrogen and oxygen atoms in total. The Bertz CT molecular complexity index is 429. The zero-order chi connectivity index (χ0) is 12.7. The second kappa shape index (κ2) is 6.49. The van der Waals surface area contributed by atoms with E-state index in [1.807, 2.05) is 19.1 Å². The second-order valence-corrected chi connectivity index (χ2v) is 3.77. The summed E-state index contributed by atoms with van der Waals surface area (Å²) in [5.41, 5.74) is 1.65. The summed E-state index contributed by atoms with van der Waals surface area (Å²) in [5, 5.41) is 8.69. The molecule has 1 rings (SSSR count). The van der Waals surface area contributed by atoms with E-state index in [2.05, 4.69) is 12.6 Å². The zero-order valence-corrected chi connectivity index (χ0v) is 10.0. The fourth-order valence-electron chi connectivity index (χ4n) is 1.57. The molecule has 17 heavy (non-hydrogen) atoms. The van der Waals surface area contributed by atoms with Crippen LogP contribution in [0.15, 0.2) is 36.9 Å². The minimum Gasteiger partial charge on any atom is -0.335 e. The highest BCUT2D eigenvalue weighted by Crippen LogP contribution is 2.08. The molecule has 0 atom stereocenters. The molecular formula is C14H16N2O. The number of benzene rings is 1. The molecule has 0 saturated heterocycles. The van der Waals surface area contributed by atoms with Crippen molar-refractivity contribution >= 4 is 5.91 Å². The minimum absolute atomic E-state index is 0.0591. The Balaban J connectivity index is 2.75. The van der Waals surface area contributed by atoms with E-state index in [0.717, 1.165) is 12.0 Å². The van der Waals surface area contributed by atoms with E-state index < -0.39 is 0 Å². The molecule has 0 aliphatic heterocycles. The molecule has 0 heterocycles. The molecule has 0 spiro atoms. The van der Waals surface area contributed by atoms with Gasteiger partial charge in [0.2, 0.25) is 5.91 Å². The van der Waals surface area contributed by atoms with Gasteiger partial charge >= 0.3 is 0 Å². The van der Waals surface area contributed by atoms with Gasteiger partial charge in [-0.1, -0.05) is 25.6 Å². The number of carbonyl (C=O) groups excluding carboxylic acids is 1. The molecule has 88 valence electrons. The largest absolute Gasteiger partial charge is 0.335 e. The fraction of sp³-hybridized carbons (Fsp3) is 0.286. The van der Waals surface area contributed by atoms with Crippen LogP contribution >= 0.6 is 0 Å². The van der Waals surface area contributed by atoms with E-state index in [9.17, 15) is 4.79 Å². The van der Waals surface area contributed by atoms with Crippen LogP contribution in [-0.2, 0) is 11.3 Å². The first-order valence-corrected chi connectivity index (χ1v) is 5.61. The third kappa shape index (κ3) is 3.76. The SMILES string of the molecule is C=CC(=O)N(CCC)Cc1ccc(C#N)cc1. The highest BCUT2D eigenvalue weighted by atomic mass is 16.2. The standard InChI is InChI=1S/C14H16N2O/c1-3-9-16(14(17)4-2)11-13-7-5-12(10-15)6-8-13/h4-8H,2-3,9,11H2,1H3. The van der Waals surface area contributed by atoms with Crippen LogP contribution in [0, 0.1) is 11.3 Å². The average molecular weight is 228 g/mol. The molecule has 0 bridgehead atoms. The van der Waals surface area contributed by atoms with E-state index in [1.165, 1.54) is 6.08 Å². The normalized spacial score (nSPS) is 9.41. The first-order chi connectivity index (χ1) is 8.21. The molecule has 1 aromatic rings. The van der Waals surface area contributed by atoms with E-state index in [-0.39, 0.29) is 5.91 Å². The van der Waals surface area contributed by atoms with Gasteiger partial charge in [-0.3, -0.25) is 4.79 Å². The van der Waals surface area contributed by atoms with Gasteiger partial charge < -0.3 is 4.90 Å². The molecule has 1 amide bonds. The third-order valence-corrected chi connectivity index (χ3v) is 2.44. The fourth-order valence-corrected chi connectivity index (χ4v) is 1.57. The number of amides is 1. The van der Waals surface area contributed by atoms with Gasteiger partial charge in [0, 0.05) is 13.1 Å². The number of hydrogen-bond acceptors (Lipinski definition) is 2. The highest BCUT2D eigenvalue weighted by Gasteiger charge is 2.09. The van der Waals surface area contributed by atoms with Gasteiger partial charge in [-0.2, -0.15) is 5.26 Å². The Hall–Kier alpha value is -2.08. The molecule has 1 aromatic carbocycles. The van der Waals surface area contributed by atoms with Crippen molar-refractivity contribution in [1.82, 2.24) is 4.90 Å². The van der Waals surface area contributed by atoms with Crippen LogP contribution in [0.4, 0.5) is 0 Å². The summed E-state index contributed by atoms with van der Waals surface area (Å²) in [7, 11) is 0. The van der Waals surface area contributed by atoms with Crippen molar-refractivity contribution in [1.29, 1.82) is 5.26 Å². The Morgan fingerprint density at radius 3 is 2.59 bits per heavy atom. The molecule has 0 N–H and O–H groups in total. The Labute approximate surface area is 102 Å². The predicted octanol–water partition coefficient (Wildman–Crippen LogP) is 2.48. The first-order valence-electron chi connectivity index (χ1n) is 5.61. The monoisotopic (exact) mass is 228 g/mol. The second-order valence-electron chi connectivity index (χ2n) is 3.77. The van der Waals surface area contributed by atoms with Crippen molar-refractivity contribution < 1.29 is 4.79 Å². The lowest BCUT2D eigenvalue weighted by Gasteiger charge is -2.20. The third-order valence-electron chi connectivity index (χ3n) is 2.44. The molecule has 0 radical (unpaired) electrons. The maximum absolute atomic E-state index is 11.6. The summed E-state index contributed by atoms with van der Waals surface area (Å²) < 4.78 is 0. The molecular weight excluding hydrogens is 212 g/mol. The van der Waals surface area contributed by atoms with Crippen molar-refractivity contribution in [3.63, 3.8) is 0 Å². The molecule has 0 aromatic heterocycles. The van der Waals surface area contributed by atoms with Gasteiger partial charge in [0.15, 0.2) is 0 Å². The lowest BCUT2D eigenvalue weighted by atomic mass is 10.1. The zero-order valence-electron chi connectivity index (χ0n) is 10.0. The van der Waals surface area contributed by atoms with Crippen LogP contribution in [0.2, 0.25) is 0 Å². The number of hydrogen-bond donors (Lipinski definition) is 0. The maximum Gasteiger partial charge on any atom is 0.246 e. The van der Waals surface area contributed by atoms with Gasteiger partial charge in [0.05, 0.1) is 11.6 Å². The smallest absolute Gasteiger partial charge is 0.246 e. The number of carbonyl (C=O) groups is 1. The quantitative estimate of drug-likeness (QED) is 0.727. The highest BCUT2D eigenvalue weighted by molar-refractivity contribution is 5.86. The predicted molar refractivity (Wildman–Crippen MR) is 67.1 cm³/mol. The van der Waals surface area contributed by atoms with Gasteiger partial charge in [-0.05, 0) is 30.2 Å². The topological polar surface area (TPSA) is 44.1 Å². The summed E-state index contributed by atoms with van der Waals surface area (Å²) in [5.74, 6) is -0.0591. The van der Waals surface area contributed by atoms with E-state index >= 15 is 0 Å². The van der Waals surface area contributed by atoms with Gasteiger partial charge in [-0.25, -0.2) is 0 Å². The van der Waals surface area contributed by atoms with E-state index in [4.69, 9.17) is 5.26 Å². The number of nitrogens with zero attached hydrogens (tertiary/aromatic N) is 2. The molecule has 0 fully saturated rings. The lowest BCUT2D eigenvalue weighted by molar-refractivity contribution is -0.126. The van der Waals surface area contributed by atoms with Crippen LogP contribution in [-0.4, -0.2) is 17.4 Å². The van der Waals surface area contributed by atoms with Crippen LogP contribution < -0.4 is 0 Å². The molecule has 0 aliphatic carbocycles. The number of nitriles is 1. The Kier molecular flexibility index (Phi) is 4.96. The molecule has 0 saturated carbocycles. The summed E-state index contributed by atoms with van der Waals surface area (Å²) in [6.45, 7) is 6.80. The van der Waals surface area contributed by atoms with Crippen LogP contribution in [0.25, 0.3) is 0 Å². The van der Waals surface area contributed by atoms with Crippen LogP contribution in [0.5, 0.6) is 0 Å². The minimum atomic E-state index is -0.0591. The summed E-state index contributed by atoms with van der Waals surface area (Å²) in [4.78, 5) is 13.3. The average Bonchev–Trinajstić information content (AvgIpc) is 2.38. The Morgan fingerprint density at radius 2 is 2.12 bits per heavy atom. The van der Waals surface area contributed by atoms with Crippen molar-refractivity contribution in [2.45, 2.75) is 19.9 Å². The molecule has 0 aliphatic rings. The lowest BCUT2D eigenvalue weighted by Crippen LogP contribution is -2.29. The van der Waals surface area contributed by atoms with Crippen LogP contribution in [0.3, 0.4) is 0 Å². The number of rotatable bonds is 5. The Morgan fingerprint density at radius 1 is 1.47 bits per heavy atom. The van der Waals surface area contributed by atoms with Crippen molar-refractivity contribution in [3.05, 3.63) is 48.0 Å². The maximum atomic E-state index is 11.6. The molecule has 3 heteroatoms. The van der Waals surface area contributed by atoms with Gasteiger partial charge in [0.1, 0.15) is 0 Å². The summed E-state index contributed by atoms with van der Waals surface area (Å²) in [6, 6.07) is 9.34. The van der Waals surface area contributed by atoms with Crippen LogP contribution in [0.1, 0.15) is 24.5 Å². The first kappa shape index (κ1) is 13.0. The van der Waals surface area contributed by atoms with E-state index in [0.29, 0.717) is 18.7 Å². The summed E-state index contributed by atoms with van der Waals surface area (Å²) in [6.07, 6.45) is 2.25. The van der Waals surface area contributed by atoms with E-state index in [1.54, 1.807) is 17.0 Å². The van der Waals surface area contributed by atoms with Crippen molar-refractivity contribution in [2.24, 2.45) is 0 Å². The van der Waals surface area contributed by atoms with Crippen molar-refractivity contribution in [3.8, 4) is 6.07 Å². The van der Waals surface area contributed by atoms with Gasteiger partial charge in [-0.15, -0.1) is 0 Å².